The molecule has 1 amide bonds. The molecule has 0 aliphatic heterocycles. The molecule has 0 atom stereocenters. The van der Waals surface area contributed by atoms with Crippen LogP contribution in [-0.2, 0) is 14.3 Å². The zero-order valence-electron chi connectivity index (χ0n) is 11.9. The van der Waals surface area contributed by atoms with Crippen LogP contribution in [0.2, 0.25) is 0 Å². The molecule has 2 saturated carbocycles. The van der Waals surface area contributed by atoms with Gasteiger partial charge in [-0.2, -0.15) is 0 Å². The summed E-state index contributed by atoms with van der Waals surface area (Å²) in [7, 11) is 3.26. The zero-order chi connectivity index (χ0) is 13.8. The first-order valence-corrected chi connectivity index (χ1v) is 7.18. The predicted molar refractivity (Wildman–Crippen MR) is 71.6 cm³/mol. The number of ether oxygens (including phenoxy) is 1. The number of hydrogen-bond donors (Lipinski definition) is 0. The molecule has 0 aromatic carbocycles. The first kappa shape index (κ1) is 14.3. The number of methoxy groups -OCH3 is 1. The molecule has 0 bridgehead atoms. The van der Waals surface area contributed by atoms with E-state index in [1.165, 1.54) is 20.0 Å². The van der Waals surface area contributed by atoms with Crippen LogP contribution in [0.4, 0.5) is 0 Å². The number of amides is 1. The largest absolute Gasteiger partial charge is 0.468 e. The maximum absolute atomic E-state index is 12.2. The number of carbonyl (C=O) groups is 2. The van der Waals surface area contributed by atoms with Crippen LogP contribution in [0.1, 0.15) is 38.5 Å². The van der Waals surface area contributed by atoms with Crippen molar-refractivity contribution in [3.8, 4) is 0 Å². The second-order valence-electron chi connectivity index (χ2n) is 5.66. The zero-order valence-corrected chi connectivity index (χ0v) is 11.9. The molecule has 2 rings (SSSR count). The minimum absolute atomic E-state index is 0.123. The van der Waals surface area contributed by atoms with Gasteiger partial charge in [-0.25, -0.2) is 0 Å². The molecular formula is C14H24N2O3. The number of esters is 1. The highest BCUT2D eigenvalue weighted by Crippen LogP contribution is 2.27. The lowest BCUT2D eigenvalue weighted by molar-refractivity contribution is -0.143. The van der Waals surface area contributed by atoms with Crippen LogP contribution < -0.4 is 0 Å². The molecular weight excluding hydrogens is 244 g/mol. The van der Waals surface area contributed by atoms with Crippen LogP contribution in [0.3, 0.4) is 0 Å². The van der Waals surface area contributed by atoms with Gasteiger partial charge >= 0.3 is 5.97 Å². The minimum Gasteiger partial charge on any atom is -0.468 e. The highest BCUT2D eigenvalue weighted by atomic mass is 16.5. The molecule has 5 nitrogen and oxygen atoms in total. The molecule has 0 N–H and O–H groups in total. The van der Waals surface area contributed by atoms with E-state index in [0.717, 1.165) is 25.7 Å². The molecule has 108 valence electrons. The van der Waals surface area contributed by atoms with Gasteiger partial charge in [0.25, 0.3) is 0 Å². The lowest BCUT2D eigenvalue weighted by Gasteiger charge is -2.29. The minimum atomic E-state index is -0.256. The third-order valence-corrected chi connectivity index (χ3v) is 4.23. The Morgan fingerprint density at radius 3 is 2.21 bits per heavy atom. The van der Waals surface area contributed by atoms with Crippen molar-refractivity contribution in [2.75, 3.05) is 27.2 Å². The Balaban J connectivity index is 1.91. The van der Waals surface area contributed by atoms with Gasteiger partial charge in [0.05, 0.1) is 20.2 Å². The molecule has 2 aliphatic carbocycles. The fourth-order valence-corrected chi connectivity index (χ4v) is 2.76. The highest BCUT2D eigenvalue weighted by molar-refractivity contribution is 5.79. The number of hydrogen-bond acceptors (Lipinski definition) is 4. The number of nitrogens with zero attached hydrogens (tertiary/aromatic N) is 2. The van der Waals surface area contributed by atoms with Crippen LogP contribution in [-0.4, -0.2) is 61.0 Å². The van der Waals surface area contributed by atoms with E-state index in [9.17, 15) is 9.59 Å². The number of carbonyl (C=O) groups excluding carboxylic acids is 2. The summed E-state index contributed by atoms with van der Waals surface area (Å²) in [6.45, 7) is 0.568. The summed E-state index contributed by atoms with van der Waals surface area (Å²) in [6.07, 6.45) is 6.77. The van der Waals surface area contributed by atoms with Crippen LogP contribution in [0.25, 0.3) is 0 Å². The van der Waals surface area contributed by atoms with Crippen LogP contribution in [0, 0.1) is 0 Å². The van der Waals surface area contributed by atoms with E-state index < -0.39 is 0 Å². The molecule has 0 saturated heterocycles. The molecule has 19 heavy (non-hydrogen) atoms. The first-order valence-electron chi connectivity index (χ1n) is 7.18. The van der Waals surface area contributed by atoms with E-state index in [-0.39, 0.29) is 18.4 Å². The highest BCUT2D eigenvalue weighted by Gasteiger charge is 2.32. The summed E-state index contributed by atoms with van der Waals surface area (Å²) < 4.78 is 4.74. The molecule has 0 aromatic rings. The van der Waals surface area contributed by atoms with E-state index in [1.54, 1.807) is 0 Å². The van der Waals surface area contributed by atoms with Crippen LogP contribution in [0.15, 0.2) is 0 Å². The quantitative estimate of drug-likeness (QED) is 0.675. The van der Waals surface area contributed by atoms with Crippen molar-refractivity contribution in [1.82, 2.24) is 9.80 Å². The number of likely N-dealkylation sites (N-methyl/N-ethyl adjacent to an activating group) is 1. The smallest absolute Gasteiger partial charge is 0.319 e. The molecule has 0 aromatic heterocycles. The van der Waals surface area contributed by atoms with Gasteiger partial charge < -0.3 is 9.64 Å². The SMILES string of the molecule is COC(=O)CN(CC(=O)N(C)C1CC1)C1CCCC1. The van der Waals surface area contributed by atoms with Gasteiger partial charge in [0.15, 0.2) is 0 Å². The van der Waals surface area contributed by atoms with Gasteiger partial charge in [-0.05, 0) is 25.7 Å². The molecule has 2 aliphatic rings. The monoisotopic (exact) mass is 268 g/mol. The Morgan fingerprint density at radius 2 is 1.68 bits per heavy atom. The molecule has 0 radical (unpaired) electrons. The lowest BCUT2D eigenvalue weighted by Crippen LogP contribution is -2.45. The average Bonchev–Trinajstić information content (AvgIpc) is 3.11. The normalized spacial score (nSPS) is 19.7. The Hall–Kier alpha value is -1.10. The van der Waals surface area contributed by atoms with Crippen molar-refractivity contribution < 1.29 is 14.3 Å². The van der Waals surface area contributed by atoms with Crippen molar-refractivity contribution in [2.24, 2.45) is 0 Å². The predicted octanol–water partition coefficient (Wildman–Crippen LogP) is 1.02. The Kier molecular flexibility index (Phi) is 4.80. The summed E-state index contributed by atoms with van der Waals surface area (Å²) in [5, 5.41) is 0. The summed E-state index contributed by atoms with van der Waals surface area (Å²) >= 11 is 0. The molecule has 2 fully saturated rings. The molecule has 0 unspecified atom stereocenters. The summed E-state index contributed by atoms with van der Waals surface area (Å²) in [5.41, 5.74) is 0. The maximum Gasteiger partial charge on any atom is 0.319 e. The van der Waals surface area contributed by atoms with E-state index in [4.69, 9.17) is 4.74 Å². The third kappa shape index (κ3) is 3.93. The van der Waals surface area contributed by atoms with Gasteiger partial charge in [-0.15, -0.1) is 0 Å². The first-order chi connectivity index (χ1) is 9.11. The third-order valence-electron chi connectivity index (χ3n) is 4.23. The second-order valence-corrected chi connectivity index (χ2v) is 5.66. The van der Waals surface area contributed by atoms with Gasteiger partial charge in [-0.1, -0.05) is 12.8 Å². The fourth-order valence-electron chi connectivity index (χ4n) is 2.76. The molecule has 0 heterocycles. The van der Waals surface area contributed by atoms with Crippen molar-refractivity contribution in [2.45, 2.75) is 50.6 Å². The Morgan fingerprint density at radius 1 is 1.05 bits per heavy atom. The summed E-state index contributed by atoms with van der Waals surface area (Å²) in [6, 6.07) is 0.784. The van der Waals surface area contributed by atoms with E-state index in [0.29, 0.717) is 18.6 Å². The molecule has 0 spiro atoms. The number of rotatable bonds is 6. The Bertz CT molecular complexity index is 336. The van der Waals surface area contributed by atoms with Crippen LogP contribution >= 0.6 is 0 Å². The van der Waals surface area contributed by atoms with Crippen molar-refractivity contribution in [3.63, 3.8) is 0 Å². The average molecular weight is 268 g/mol. The van der Waals surface area contributed by atoms with Crippen molar-refractivity contribution in [3.05, 3.63) is 0 Å². The van der Waals surface area contributed by atoms with E-state index >= 15 is 0 Å². The van der Waals surface area contributed by atoms with E-state index in [2.05, 4.69) is 0 Å². The second kappa shape index (κ2) is 6.37. The molecule has 5 heteroatoms. The van der Waals surface area contributed by atoms with Gasteiger partial charge in [-0.3, -0.25) is 14.5 Å². The van der Waals surface area contributed by atoms with Gasteiger partial charge in [0, 0.05) is 19.1 Å². The standard InChI is InChI=1S/C14H24N2O3/c1-15(11-7-8-11)13(17)9-16(10-14(18)19-2)12-5-3-4-6-12/h11-12H,3-10H2,1-2H3. The van der Waals surface area contributed by atoms with E-state index in [1.807, 2.05) is 16.8 Å². The summed E-state index contributed by atoms with van der Waals surface area (Å²) in [5.74, 6) is -0.132. The Labute approximate surface area is 114 Å². The topological polar surface area (TPSA) is 49.9 Å². The van der Waals surface area contributed by atoms with Crippen molar-refractivity contribution >= 4 is 11.9 Å². The van der Waals surface area contributed by atoms with Crippen molar-refractivity contribution in [1.29, 1.82) is 0 Å². The maximum atomic E-state index is 12.2. The van der Waals surface area contributed by atoms with Crippen LogP contribution in [0.5, 0.6) is 0 Å². The van der Waals surface area contributed by atoms with Gasteiger partial charge in [0.1, 0.15) is 0 Å². The fraction of sp³-hybridized carbons (Fsp3) is 0.857. The summed E-state index contributed by atoms with van der Waals surface area (Å²) in [4.78, 5) is 27.5. The lowest BCUT2D eigenvalue weighted by atomic mass is 10.2. The van der Waals surface area contributed by atoms with Gasteiger partial charge in [0.2, 0.25) is 5.91 Å².